The first kappa shape index (κ1) is 12.8. The maximum Gasteiger partial charge on any atom is 0.129 e. The van der Waals surface area contributed by atoms with Gasteiger partial charge in [0.1, 0.15) is 11.6 Å². The zero-order valence-electron chi connectivity index (χ0n) is 9.88. The molecular weight excluding hydrogens is 240 g/mol. The van der Waals surface area contributed by atoms with E-state index in [-0.39, 0.29) is 11.6 Å². The Labute approximate surface area is 105 Å². The van der Waals surface area contributed by atoms with Crippen LogP contribution in [0.25, 0.3) is 0 Å². The number of thioether (sulfide) groups is 1. The van der Waals surface area contributed by atoms with Gasteiger partial charge in [0.2, 0.25) is 0 Å². The van der Waals surface area contributed by atoms with Gasteiger partial charge in [0, 0.05) is 16.9 Å². The summed E-state index contributed by atoms with van der Waals surface area (Å²) >= 11 is 1.90. The molecule has 1 saturated heterocycles. The molecule has 17 heavy (non-hydrogen) atoms. The molecule has 1 aromatic rings. The SMILES string of the molecule is CNC(Cc1c(F)cccc1F)C1CCCS1. The molecule has 2 rings (SSSR count). The quantitative estimate of drug-likeness (QED) is 0.890. The van der Waals surface area contributed by atoms with Crippen LogP contribution in [0.5, 0.6) is 0 Å². The second-order valence-corrected chi connectivity index (χ2v) is 5.70. The van der Waals surface area contributed by atoms with Crippen LogP contribution in [0.4, 0.5) is 8.78 Å². The summed E-state index contributed by atoms with van der Waals surface area (Å²) in [6.45, 7) is 0. The van der Waals surface area contributed by atoms with Crippen molar-refractivity contribution < 1.29 is 8.78 Å². The minimum absolute atomic E-state index is 0.147. The van der Waals surface area contributed by atoms with E-state index in [0.29, 0.717) is 11.7 Å². The Bertz CT molecular complexity index is 357. The van der Waals surface area contributed by atoms with Crippen molar-refractivity contribution in [2.45, 2.75) is 30.6 Å². The highest BCUT2D eigenvalue weighted by Crippen LogP contribution is 2.30. The monoisotopic (exact) mass is 257 g/mol. The van der Waals surface area contributed by atoms with Crippen molar-refractivity contribution in [2.75, 3.05) is 12.8 Å². The maximum absolute atomic E-state index is 13.6. The van der Waals surface area contributed by atoms with Crippen molar-refractivity contribution >= 4 is 11.8 Å². The lowest BCUT2D eigenvalue weighted by atomic mass is 10.00. The van der Waals surface area contributed by atoms with E-state index in [4.69, 9.17) is 0 Å². The van der Waals surface area contributed by atoms with Gasteiger partial charge in [-0.25, -0.2) is 8.78 Å². The van der Waals surface area contributed by atoms with Crippen LogP contribution in [-0.4, -0.2) is 24.1 Å². The minimum atomic E-state index is -0.437. The fourth-order valence-corrected chi connectivity index (χ4v) is 3.72. The van der Waals surface area contributed by atoms with Crippen LogP contribution in [0.3, 0.4) is 0 Å². The molecule has 0 radical (unpaired) electrons. The minimum Gasteiger partial charge on any atom is -0.316 e. The van der Waals surface area contributed by atoms with Gasteiger partial charge in [0.15, 0.2) is 0 Å². The fourth-order valence-electron chi connectivity index (χ4n) is 2.29. The Kier molecular flexibility index (Phi) is 4.40. The highest BCUT2D eigenvalue weighted by molar-refractivity contribution is 8.00. The lowest BCUT2D eigenvalue weighted by Gasteiger charge is -2.22. The summed E-state index contributed by atoms with van der Waals surface area (Å²) in [4.78, 5) is 0. The van der Waals surface area contributed by atoms with Crippen LogP contribution in [0.2, 0.25) is 0 Å². The summed E-state index contributed by atoms with van der Waals surface area (Å²) < 4.78 is 27.1. The predicted octanol–water partition coefficient (Wildman–Crippen LogP) is 2.99. The zero-order valence-corrected chi connectivity index (χ0v) is 10.7. The van der Waals surface area contributed by atoms with E-state index in [2.05, 4.69) is 5.32 Å². The van der Waals surface area contributed by atoms with Crippen LogP contribution in [-0.2, 0) is 6.42 Å². The molecule has 1 nitrogen and oxygen atoms in total. The van der Waals surface area contributed by atoms with E-state index in [1.165, 1.54) is 24.6 Å². The average molecular weight is 257 g/mol. The van der Waals surface area contributed by atoms with Gasteiger partial charge in [-0.15, -0.1) is 0 Å². The van der Waals surface area contributed by atoms with Crippen molar-refractivity contribution in [3.05, 3.63) is 35.4 Å². The molecule has 1 heterocycles. The van der Waals surface area contributed by atoms with E-state index < -0.39 is 11.6 Å². The third kappa shape index (κ3) is 2.99. The summed E-state index contributed by atoms with van der Waals surface area (Å²) in [5.41, 5.74) is 0.208. The Balaban J connectivity index is 2.12. The number of likely N-dealkylation sites (N-methyl/N-ethyl adjacent to an activating group) is 1. The second-order valence-electron chi connectivity index (χ2n) is 4.35. The molecule has 1 aliphatic rings. The molecular formula is C13H17F2NS. The molecule has 4 heteroatoms. The molecule has 0 aliphatic carbocycles. The molecule has 1 aliphatic heterocycles. The van der Waals surface area contributed by atoms with Gasteiger partial charge < -0.3 is 5.32 Å². The highest BCUT2D eigenvalue weighted by Gasteiger charge is 2.26. The first-order chi connectivity index (χ1) is 8.22. The van der Waals surface area contributed by atoms with E-state index >= 15 is 0 Å². The van der Waals surface area contributed by atoms with Gasteiger partial charge in [0.25, 0.3) is 0 Å². The number of hydrogen-bond acceptors (Lipinski definition) is 2. The molecule has 1 N–H and O–H groups in total. The fraction of sp³-hybridized carbons (Fsp3) is 0.538. The van der Waals surface area contributed by atoms with Gasteiger partial charge >= 0.3 is 0 Å². The predicted molar refractivity (Wildman–Crippen MR) is 68.4 cm³/mol. The number of halogens is 2. The van der Waals surface area contributed by atoms with Gasteiger partial charge in [0.05, 0.1) is 0 Å². The normalized spacial score (nSPS) is 21.7. The standard InChI is InChI=1S/C13H17F2NS/c1-16-12(13-6-3-7-17-13)8-9-10(14)4-2-5-11(9)15/h2,4-5,12-13,16H,3,6-8H2,1H3. The van der Waals surface area contributed by atoms with E-state index in [1.54, 1.807) is 0 Å². The van der Waals surface area contributed by atoms with E-state index in [9.17, 15) is 8.78 Å². The van der Waals surface area contributed by atoms with Crippen LogP contribution in [0, 0.1) is 11.6 Å². The molecule has 0 spiro atoms. The average Bonchev–Trinajstić information content (AvgIpc) is 2.82. The number of benzene rings is 1. The van der Waals surface area contributed by atoms with Crippen LogP contribution >= 0.6 is 11.8 Å². The van der Waals surface area contributed by atoms with E-state index in [1.807, 2.05) is 18.8 Å². The second kappa shape index (κ2) is 5.83. The number of hydrogen-bond donors (Lipinski definition) is 1. The van der Waals surface area contributed by atoms with Crippen molar-refractivity contribution in [1.82, 2.24) is 5.32 Å². The summed E-state index contributed by atoms with van der Waals surface area (Å²) in [6.07, 6.45) is 2.76. The topological polar surface area (TPSA) is 12.0 Å². The Morgan fingerprint density at radius 2 is 2.12 bits per heavy atom. The van der Waals surface area contributed by atoms with Gasteiger partial charge in [-0.3, -0.25) is 0 Å². The highest BCUT2D eigenvalue weighted by atomic mass is 32.2. The van der Waals surface area contributed by atoms with E-state index in [0.717, 1.165) is 12.2 Å². The Hall–Kier alpha value is -0.610. The first-order valence-electron chi connectivity index (χ1n) is 5.94. The molecule has 0 bridgehead atoms. The van der Waals surface area contributed by atoms with Crippen molar-refractivity contribution in [2.24, 2.45) is 0 Å². The third-order valence-corrected chi connectivity index (χ3v) is 4.79. The zero-order chi connectivity index (χ0) is 12.3. The van der Waals surface area contributed by atoms with Crippen LogP contribution in [0.15, 0.2) is 18.2 Å². The summed E-state index contributed by atoms with van der Waals surface area (Å²) in [7, 11) is 1.86. The summed E-state index contributed by atoms with van der Waals surface area (Å²) in [5, 5.41) is 3.66. The van der Waals surface area contributed by atoms with Gasteiger partial charge in [-0.2, -0.15) is 11.8 Å². The molecule has 0 saturated carbocycles. The number of rotatable bonds is 4. The molecule has 0 amide bonds. The Morgan fingerprint density at radius 1 is 1.41 bits per heavy atom. The lowest BCUT2D eigenvalue weighted by molar-refractivity contribution is 0.486. The van der Waals surface area contributed by atoms with Crippen molar-refractivity contribution in [3.63, 3.8) is 0 Å². The number of nitrogens with one attached hydrogen (secondary N) is 1. The molecule has 2 atom stereocenters. The summed E-state index contributed by atoms with van der Waals surface area (Å²) in [6, 6.07) is 4.21. The molecule has 1 fully saturated rings. The van der Waals surface area contributed by atoms with Gasteiger partial charge in [-0.1, -0.05) is 6.07 Å². The van der Waals surface area contributed by atoms with Crippen LogP contribution < -0.4 is 5.32 Å². The van der Waals surface area contributed by atoms with Crippen LogP contribution in [0.1, 0.15) is 18.4 Å². The maximum atomic E-state index is 13.6. The largest absolute Gasteiger partial charge is 0.316 e. The lowest BCUT2D eigenvalue weighted by Crippen LogP contribution is -2.37. The Morgan fingerprint density at radius 3 is 2.65 bits per heavy atom. The third-order valence-electron chi connectivity index (χ3n) is 3.27. The summed E-state index contributed by atoms with van der Waals surface area (Å²) in [5.74, 6) is 0.282. The smallest absolute Gasteiger partial charge is 0.129 e. The van der Waals surface area contributed by atoms with Gasteiger partial charge in [-0.05, 0) is 44.2 Å². The molecule has 94 valence electrons. The molecule has 0 aromatic heterocycles. The van der Waals surface area contributed by atoms with Crippen molar-refractivity contribution in [1.29, 1.82) is 0 Å². The first-order valence-corrected chi connectivity index (χ1v) is 6.99. The molecule has 1 aromatic carbocycles. The molecule has 2 unspecified atom stereocenters. The van der Waals surface area contributed by atoms with Crippen molar-refractivity contribution in [3.8, 4) is 0 Å².